The number of nitrogens with zero attached hydrogens (tertiary/aromatic N) is 1. The molecule has 2 aromatic carbocycles. The van der Waals surface area contributed by atoms with Gasteiger partial charge in [0, 0.05) is 31.3 Å². The van der Waals surface area contributed by atoms with Gasteiger partial charge in [-0.25, -0.2) is 0 Å². The van der Waals surface area contributed by atoms with Gasteiger partial charge in [-0.2, -0.15) is 17.6 Å². The summed E-state index contributed by atoms with van der Waals surface area (Å²) >= 11 is 0. The number of nitrogens with one attached hydrogen (secondary N) is 2. The van der Waals surface area contributed by atoms with Crippen molar-refractivity contribution in [1.82, 2.24) is 10.6 Å². The first-order valence-electron chi connectivity index (χ1n) is 8.40. The van der Waals surface area contributed by atoms with Crippen molar-refractivity contribution in [3.8, 4) is 11.5 Å². The first-order valence-corrected chi connectivity index (χ1v) is 8.40. The Balaban J connectivity index is 0.00000420. The summed E-state index contributed by atoms with van der Waals surface area (Å²) in [7, 11) is 1.53. The van der Waals surface area contributed by atoms with Crippen LogP contribution in [0.2, 0.25) is 0 Å². The lowest BCUT2D eigenvalue weighted by atomic mass is 10.1. The van der Waals surface area contributed by atoms with Crippen LogP contribution in [-0.4, -0.2) is 26.2 Å². The molecular formula is C19H22F4IN3O2. The first kappa shape index (κ1) is 24.8. The topological polar surface area (TPSA) is 54.9 Å². The van der Waals surface area contributed by atoms with Crippen LogP contribution >= 0.6 is 24.0 Å². The van der Waals surface area contributed by atoms with Crippen molar-refractivity contribution in [3.63, 3.8) is 0 Å². The summed E-state index contributed by atoms with van der Waals surface area (Å²) in [6.45, 7) is -3.66. The quantitative estimate of drug-likeness (QED) is 0.227. The van der Waals surface area contributed by atoms with Gasteiger partial charge in [0.2, 0.25) is 0 Å². The summed E-state index contributed by atoms with van der Waals surface area (Å²) in [5.74, 6) is 0.488. The van der Waals surface area contributed by atoms with Crippen molar-refractivity contribution in [2.24, 2.45) is 4.99 Å². The highest BCUT2D eigenvalue weighted by atomic mass is 127. The molecule has 0 aliphatic heterocycles. The van der Waals surface area contributed by atoms with E-state index in [0.29, 0.717) is 17.1 Å². The number of rotatable bonds is 8. The molecule has 0 bridgehead atoms. The van der Waals surface area contributed by atoms with E-state index in [1.807, 2.05) is 6.92 Å². The van der Waals surface area contributed by atoms with E-state index in [2.05, 4.69) is 25.1 Å². The lowest BCUT2D eigenvalue weighted by Crippen LogP contribution is -2.36. The van der Waals surface area contributed by atoms with E-state index in [4.69, 9.17) is 0 Å². The average molecular weight is 527 g/mol. The average Bonchev–Trinajstić information content (AvgIpc) is 2.64. The van der Waals surface area contributed by atoms with Crippen LogP contribution in [0.5, 0.6) is 11.5 Å². The van der Waals surface area contributed by atoms with Crippen LogP contribution in [0.4, 0.5) is 17.6 Å². The number of alkyl halides is 4. The Morgan fingerprint density at radius 2 is 1.45 bits per heavy atom. The Morgan fingerprint density at radius 1 is 0.897 bits per heavy atom. The third kappa shape index (κ3) is 8.34. The van der Waals surface area contributed by atoms with Crippen LogP contribution in [0.25, 0.3) is 0 Å². The van der Waals surface area contributed by atoms with E-state index in [0.717, 1.165) is 5.56 Å². The van der Waals surface area contributed by atoms with Gasteiger partial charge in [0.1, 0.15) is 11.5 Å². The number of hydrogen-bond acceptors (Lipinski definition) is 3. The van der Waals surface area contributed by atoms with Crippen LogP contribution in [0, 0.1) is 6.92 Å². The van der Waals surface area contributed by atoms with E-state index in [9.17, 15) is 17.6 Å². The normalized spacial score (nSPS) is 11.2. The monoisotopic (exact) mass is 527 g/mol. The van der Waals surface area contributed by atoms with Crippen molar-refractivity contribution in [3.05, 3.63) is 59.2 Å². The summed E-state index contributed by atoms with van der Waals surface area (Å²) in [6.07, 6.45) is 0. The Bertz CT molecular complexity index is 807. The molecule has 29 heavy (non-hydrogen) atoms. The minimum absolute atomic E-state index is 0. The highest BCUT2D eigenvalue weighted by Crippen LogP contribution is 2.22. The number of aliphatic imine (C=N–C) groups is 1. The van der Waals surface area contributed by atoms with Crippen molar-refractivity contribution in [2.75, 3.05) is 7.05 Å². The fraction of sp³-hybridized carbons (Fsp3) is 0.316. The zero-order valence-electron chi connectivity index (χ0n) is 15.8. The zero-order chi connectivity index (χ0) is 20.5. The Kier molecular flexibility index (Phi) is 10.6. The molecule has 0 aliphatic carbocycles. The van der Waals surface area contributed by atoms with E-state index < -0.39 is 13.2 Å². The molecule has 0 unspecified atom stereocenters. The van der Waals surface area contributed by atoms with E-state index in [1.165, 1.54) is 19.2 Å². The predicted molar refractivity (Wildman–Crippen MR) is 113 cm³/mol. The minimum atomic E-state index is -2.93. The zero-order valence-corrected chi connectivity index (χ0v) is 18.1. The Morgan fingerprint density at radius 3 is 2.03 bits per heavy atom. The lowest BCUT2D eigenvalue weighted by molar-refractivity contribution is -0.0511. The number of hydrogen-bond donors (Lipinski definition) is 2. The molecule has 0 radical (unpaired) electrons. The predicted octanol–water partition coefficient (Wildman–Crippen LogP) is 4.68. The molecule has 0 amide bonds. The molecule has 10 heteroatoms. The largest absolute Gasteiger partial charge is 0.434 e. The maximum atomic E-state index is 12.6. The molecule has 2 aromatic rings. The summed E-state index contributed by atoms with van der Waals surface area (Å²) < 4.78 is 59.1. The van der Waals surface area contributed by atoms with E-state index >= 15 is 0 Å². The molecular weight excluding hydrogens is 505 g/mol. The van der Waals surface area contributed by atoms with Crippen molar-refractivity contribution >= 4 is 29.9 Å². The molecule has 0 aliphatic rings. The second-order valence-corrected chi connectivity index (χ2v) is 5.76. The number of guanidine groups is 1. The maximum absolute atomic E-state index is 12.6. The van der Waals surface area contributed by atoms with E-state index in [1.54, 1.807) is 30.3 Å². The molecule has 0 aromatic heterocycles. The molecule has 2 rings (SSSR count). The van der Waals surface area contributed by atoms with Crippen LogP contribution in [-0.2, 0) is 13.1 Å². The van der Waals surface area contributed by atoms with Gasteiger partial charge >= 0.3 is 13.2 Å². The number of benzene rings is 2. The van der Waals surface area contributed by atoms with Crippen LogP contribution in [0.15, 0.2) is 47.5 Å². The molecule has 0 heterocycles. The van der Waals surface area contributed by atoms with Gasteiger partial charge in [-0.1, -0.05) is 35.9 Å². The van der Waals surface area contributed by atoms with Crippen molar-refractivity contribution in [2.45, 2.75) is 33.2 Å². The molecule has 0 fully saturated rings. The van der Waals surface area contributed by atoms with Gasteiger partial charge in [-0.3, -0.25) is 4.99 Å². The van der Waals surface area contributed by atoms with Gasteiger partial charge in [0.25, 0.3) is 0 Å². The summed E-state index contributed by atoms with van der Waals surface area (Å²) in [5, 5.41) is 5.95. The number of para-hydroxylation sites is 1. The molecule has 160 valence electrons. The summed E-state index contributed by atoms with van der Waals surface area (Å²) in [4.78, 5) is 4.04. The van der Waals surface area contributed by atoms with E-state index in [-0.39, 0.29) is 48.6 Å². The molecule has 0 atom stereocenters. The Labute approximate surface area is 183 Å². The summed E-state index contributed by atoms with van der Waals surface area (Å²) in [6, 6.07) is 11.3. The fourth-order valence-electron chi connectivity index (χ4n) is 2.50. The smallest absolute Gasteiger partial charge is 0.387 e. The summed E-state index contributed by atoms with van der Waals surface area (Å²) in [5.41, 5.74) is 1.94. The standard InChI is InChI=1S/C19H21F4N3O2.HI/c1-12-7-8-16(28-18(22)23)14(9-12)11-26-19(24-2)25-10-13-5-3-4-6-15(13)27-17(20)21;/h3-9,17-18H,10-11H2,1-2H3,(H2,24,25,26);1H. The Hall–Kier alpha value is -2.24. The number of halogens is 5. The second kappa shape index (κ2) is 12.3. The minimum Gasteiger partial charge on any atom is -0.434 e. The molecule has 0 saturated carbocycles. The van der Waals surface area contributed by atoms with Crippen molar-refractivity contribution in [1.29, 1.82) is 0 Å². The number of ether oxygens (including phenoxy) is 2. The van der Waals surface area contributed by atoms with Crippen molar-refractivity contribution < 1.29 is 27.0 Å². The molecule has 0 spiro atoms. The molecule has 0 saturated heterocycles. The molecule has 2 N–H and O–H groups in total. The van der Waals surface area contributed by atoms with Crippen LogP contribution in [0.3, 0.4) is 0 Å². The number of aryl methyl sites for hydroxylation is 1. The molecule has 5 nitrogen and oxygen atoms in total. The maximum Gasteiger partial charge on any atom is 0.387 e. The highest BCUT2D eigenvalue weighted by Gasteiger charge is 2.12. The highest BCUT2D eigenvalue weighted by molar-refractivity contribution is 14.0. The third-order valence-corrected chi connectivity index (χ3v) is 3.74. The second-order valence-electron chi connectivity index (χ2n) is 5.76. The van der Waals surface area contributed by atoms with Crippen LogP contribution in [0.1, 0.15) is 16.7 Å². The fourth-order valence-corrected chi connectivity index (χ4v) is 2.50. The van der Waals surface area contributed by atoms with Crippen LogP contribution < -0.4 is 20.1 Å². The lowest BCUT2D eigenvalue weighted by Gasteiger charge is -2.16. The van der Waals surface area contributed by atoms with Gasteiger partial charge in [0.05, 0.1) is 0 Å². The van der Waals surface area contributed by atoms with Gasteiger partial charge < -0.3 is 20.1 Å². The SMILES string of the molecule is CN=C(NCc1ccccc1OC(F)F)NCc1cc(C)ccc1OC(F)F.I. The first-order chi connectivity index (χ1) is 13.4. The van der Waals surface area contributed by atoms with Gasteiger partial charge in [-0.05, 0) is 19.1 Å². The third-order valence-electron chi connectivity index (χ3n) is 3.74. The van der Waals surface area contributed by atoms with Gasteiger partial charge in [-0.15, -0.1) is 24.0 Å². The van der Waals surface area contributed by atoms with Gasteiger partial charge in [0.15, 0.2) is 5.96 Å².